The van der Waals surface area contributed by atoms with Crippen LogP contribution >= 0.6 is 34.4 Å². The van der Waals surface area contributed by atoms with E-state index in [-0.39, 0.29) is 11.7 Å². The molecule has 3 aromatic rings. The van der Waals surface area contributed by atoms with E-state index in [0.717, 1.165) is 44.4 Å². The minimum Gasteiger partial charge on any atom is -0.465 e. The molecular formula is C18H20N4O3S3. The lowest BCUT2D eigenvalue weighted by molar-refractivity contribution is -0.113. The molecule has 0 bridgehead atoms. The number of anilines is 1. The van der Waals surface area contributed by atoms with Gasteiger partial charge in [0.05, 0.1) is 18.6 Å². The third kappa shape index (κ3) is 4.18. The second-order valence-corrected chi connectivity index (χ2v) is 9.19. The van der Waals surface area contributed by atoms with Crippen LogP contribution in [-0.2, 0) is 16.0 Å². The van der Waals surface area contributed by atoms with Crippen LogP contribution in [-0.4, -0.2) is 39.7 Å². The Morgan fingerprint density at radius 3 is 2.57 bits per heavy atom. The quantitative estimate of drug-likeness (QED) is 0.352. The number of thiazole rings is 1. The summed E-state index contributed by atoms with van der Waals surface area (Å²) < 4.78 is 4.72. The maximum Gasteiger partial charge on any atom is 0.350 e. The molecule has 0 unspecified atom stereocenters. The van der Waals surface area contributed by atoms with Crippen molar-refractivity contribution in [3.05, 3.63) is 26.8 Å². The number of ether oxygens (including phenoxy) is 1. The van der Waals surface area contributed by atoms with Gasteiger partial charge in [-0.2, -0.15) is 0 Å². The average molecular weight is 437 g/mol. The molecule has 0 saturated heterocycles. The summed E-state index contributed by atoms with van der Waals surface area (Å²) in [5.41, 5.74) is 1.69. The number of thiophene rings is 1. The lowest BCUT2D eigenvalue weighted by Gasteiger charge is -2.06. The van der Waals surface area contributed by atoms with Gasteiger partial charge in [-0.25, -0.2) is 19.7 Å². The number of hydrogen-bond acceptors (Lipinski definition) is 9. The molecule has 0 atom stereocenters. The number of aromatic nitrogens is 3. The van der Waals surface area contributed by atoms with Gasteiger partial charge in [0.1, 0.15) is 20.6 Å². The molecule has 0 aromatic carbocycles. The van der Waals surface area contributed by atoms with Gasteiger partial charge in [-0.3, -0.25) is 4.79 Å². The van der Waals surface area contributed by atoms with Gasteiger partial charge in [0.15, 0.2) is 5.13 Å². The monoisotopic (exact) mass is 436 g/mol. The first-order valence-corrected chi connectivity index (χ1v) is 11.2. The van der Waals surface area contributed by atoms with Crippen LogP contribution in [0.15, 0.2) is 5.03 Å². The molecule has 0 aliphatic heterocycles. The van der Waals surface area contributed by atoms with E-state index in [1.54, 1.807) is 18.3 Å². The predicted octanol–water partition coefficient (Wildman–Crippen LogP) is 4.15. The summed E-state index contributed by atoms with van der Waals surface area (Å²) in [6.45, 7) is 7.84. The average Bonchev–Trinajstić information content (AvgIpc) is 3.18. The highest BCUT2D eigenvalue weighted by molar-refractivity contribution is 8.00. The highest BCUT2D eigenvalue weighted by atomic mass is 32.2. The molecule has 3 rings (SSSR count). The van der Waals surface area contributed by atoms with Crippen LogP contribution in [0.3, 0.4) is 0 Å². The maximum absolute atomic E-state index is 12.4. The Morgan fingerprint density at radius 2 is 1.89 bits per heavy atom. The number of rotatable bonds is 6. The molecule has 0 aliphatic carbocycles. The van der Waals surface area contributed by atoms with Gasteiger partial charge in [-0.1, -0.05) is 30.0 Å². The summed E-state index contributed by atoms with van der Waals surface area (Å²) in [4.78, 5) is 40.1. The van der Waals surface area contributed by atoms with Crippen molar-refractivity contribution in [2.24, 2.45) is 0 Å². The van der Waals surface area contributed by atoms with Gasteiger partial charge in [-0.15, -0.1) is 11.3 Å². The van der Waals surface area contributed by atoms with Crippen molar-refractivity contribution in [3.63, 3.8) is 0 Å². The van der Waals surface area contributed by atoms with Crippen LogP contribution < -0.4 is 5.32 Å². The Bertz CT molecular complexity index is 1060. The molecule has 0 saturated carbocycles. The van der Waals surface area contributed by atoms with Crippen molar-refractivity contribution < 1.29 is 14.3 Å². The van der Waals surface area contributed by atoms with E-state index in [1.165, 1.54) is 23.7 Å². The summed E-state index contributed by atoms with van der Waals surface area (Å²) in [5, 5.41) is 4.98. The number of carbonyl (C=O) groups excluding carboxylic acids is 2. The number of esters is 1. The van der Waals surface area contributed by atoms with Crippen molar-refractivity contribution in [3.8, 4) is 0 Å². The van der Waals surface area contributed by atoms with Crippen molar-refractivity contribution >= 4 is 61.7 Å². The topological polar surface area (TPSA) is 94.1 Å². The lowest BCUT2D eigenvalue weighted by Crippen LogP contribution is -2.14. The third-order valence-electron chi connectivity index (χ3n) is 4.11. The SMILES string of the molecule is CCc1nc(SCC(=O)Nc2nc(C)c(C(=O)OC)s2)c2c(C)c(C)sc2n1. The first kappa shape index (κ1) is 20.7. The van der Waals surface area contributed by atoms with E-state index in [2.05, 4.69) is 34.1 Å². The van der Waals surface area contributed by atoms with Crippen molar-refractivity contribution in [1.29, 1.82) is 0 Å². The zero-order chi connectivity index (χ0) is 20.4. The van der Waals surface area contributed by atoms with E-state index in [1.807, 2.05) is 6.92 Å². The van der Waals surface area contributed by atoms with Crippen molar-refractivity contribution in [1.82, 2.24) is 15.0 Å². The van der Waals surface area contributed by atoms with Gasteiger partial charge in [0, 0.05) is 16.7 Å². The van der Waals surface area contributed by atoms with E-state index < -0.39 is 5.97 Å². The van der Waals surface area contributed by atoms with Crippen LogP contribution in [0.2, 0.25) is 0 Å². The molecule has 3 aromatic heterocycles. The number of thioether (sulfide) groups is 1. The van der Waals surface area contributed by atoms with Crippen LogP contribution in [0.1, 0.15) is 38.6 Å². The zero-order valence-corrected chi connectivity index (χ0v) is 18.7. The number of nitrogens with zero attached hydrogens (tertiary/aromatic N) is 3. The van der Waals surface area contributed by atoms with Crippen LogP contribution in [0.5, 0.6) is 0 Å². The number of nitrogens with one attached hydrogen (secondary N) is 1. The van der Waals surface area contributed by atoms with Gasteiger partial charge in [0.25, 0.3) is 0 Å². The normalized spacial score (nSPS) is 11.0. The lowest BCUT2D eigenvalue weighted by atomic mass is 10.2. The van der Waals surface area contributed by atoms with Crippen LogP contribution in [0, 0.1) is 20.8 Å². The fraction of sp³-hybridized carbons (Fsp3) is 0.389. The molecule has 10 heteroatoms. The maximum atomic E-state index is 12.4. The number of amides is 1. The molecule has 1 N–H and O–H groups in total. The standard InChI is InChI=1S/C18H20N4O3S3/c1-6-11-20-15(13-8(2)10(4)27-16(13)21-11)26-7-12(23)22-18-19-9(3)14(28-18)17(24)25-5/h6-7H2,1-5H3,(H,19,22,23). The first-order chi connectivity index (χ1) is 13.3. The van der Waals surface area contributed by atoms with E-state index in [4.69, 9.17) is 4.74 Å². The van der Waals surface area contributed by atoms with Crippen LogP contribution in [0.4, 0.5) is 5.13 Å². The Kier molecular flexibility index (Phi) is 6.31. The van der Waals surface area contributed by atoms with Gasteiger partial charge < -0.3 is 10.1 Å². The minimum atomic E-state index is -0.455. The first-order valence-electron chi connectivity index (χ1n) is 8.59. The second kappa shape index (κ2) is 8.54. The van der Waals surface area contributed by atoms with Crippen molar-refractivity contribution in [2.75, 3.05) is 18.2 Å². The third-order valence-corrected chi connectivity index (χ3v) is 7.24. The largest absolute Gasteiger partial charge is 0.465 e. The number of aryl methyl sites for hydroxylation is 4. The van der Waals surface area contributed by atoms with Crippen molar-refractivity contribution in [2.45, 2.75) is 39.1 Å². The predicted molar refractivity (Wildman–Crippen MR) is 114 cm³/mol. The molecule has 1 amide bonds. The molecule has 28 heavy (non-hydrogen) atoms. The Hall–Kier alpha value is -2.04. The van der Waals surface area contributed by atoms with E-state index in [9.17, 15) is 9.59 Å². The fourth-order valence-electron chi connectivity index (χ4n) is 2.54. The molecule has 148 valence electrons. The van der Waals surface area contributed by atoms with Gasteiger partial charge in [0.2, 0.25) is 5.91 Å². The van der Waals surface area contributed by atoms with Gasteiger partial charge in [-0.05, 0) is 26.3 Å². The molecule has 7 nitrogen and oxygen atoms in total. The highest BCUT2D eigenvalue weighted by Crippen LogP contribution is 2.35. The number of hydrogen-bond donors (Lipinski definition) is 1. The smallest absolute Gasteiger partial charge is 0.350 e. The number of fused-ring (bicyclic) bond motifs is 1. The fourth-order valence-corrected chi connectivity index (χ4v) is 5.46. The molecule has 0 fully saturated rings. The van der Waals surface area contributed by atoms with Gasteiger partial charge >= 0.3 is 5.97 Å². The summed E-state index contributed by atoms with van der Waals surface area (Å²) in [6, 6.07) is 0. The molecule has 0 aliphatic rings. The Balaban J connectivity index is 1.75. The van der Waals surface area contributed by atoms with E-state index >= 15 is 0 Å². The highest BCUT2D eigenvalue weighted by Gasteiger charge is 2.18. The number of carbonyl (C=O) groups is 2. The number of methoxy groups -OCH3 is 1. The Labute approximate surface area is 175 Å². The Morgan fingerprint density at radius 1 is 1.14 bits per heavy atom. The molecular weight excluding hydrogens is 416 g/mol. The minimum absolute atomic E-state index is 0.190. The summed E-state index contributed by atoms with van der Waals surface area (Å²) in [6.07, 6.45) is 0.736. The summed E-state index contributed by atoms with van der Waals surface area (Å²) >= 11 is 4.14. The zero-order valence-electron chi connectivity index (χ0n) is 16.2. The van der Waals surface area contributed by atoms with Crippen LogP contribution in [0.25, 0.3) is 10.2 Å². The second-order valence-electron chi connectivity index (χ2n) is 6.02. The molecule has 0 spiro atoms. The van der Waals surface area contributed by atoms with E-state index in [0.29, 0.717) is 15.7 Å². The summed E-state index contributed by atoms with van der Waals surface area (Å²) in [7, 11) is 1.32. The summed E-state index contributed by atoms with van der Waals surface area (Å²) in [5.74, 6) is 0.304. The molecule has 0 radical (unpaired) electrons. The molecule has 3 heterocycles.